The van der Waals surface area contributed by atoms with Gasteiger partial charge in [-0.25, -0.2) is 4.39 Å². The van der Waals surface area contributed by atoms with Gasteiger partial charge in [0.15, 0.2) is 5.78 Å². The maximum atomic E-state index is 13.2. The molecule has 0 spiro atoms. The first-order valence-electron chi connectivity index (χ1n) is 4.86. The Morgan fingerprint density at radius 3 is 2.56 bits per heavy atom. The number of Topliss-reactive ketones (excluding diaryl/α,β-unsaturated/α-hetero) is 1. The normalized spacial score (nSPS) is 12.2. The van der Waals surface area contributed by atoms with Gasteiger partial charge in [-0.1, -0.05) is 19.9 Å². The number of carbonyl (C=O) groups is 1. The number of rotatable bonds is 3. The molecular weight excluding hydrogens is 273 g/mol. The van der Waals surface area contributed by atoms with Crippen LogP contribution in [-0.2, 0) is 0 Å². The van der Waals surface area contributed by atoms with Gasteiger partial charge in [0.05, 0.1) is 10.5 Å². The van der Waals surface area contributed by atoms with Crippen LogP contribution >= 0.6 is 15.9 Å². The van der Waals surface area contributed by atoms with Gasteiger partial charge in [0.1, 0.15) is 11.7 Å². The number of carbonyl (C=O) groups excluding carboxylic acids is 1. The summed E-state index contributed by atoms with van der Waals surface area (Å²) >= 11 is 3.01. The molecule has 0 fully saturated rings. The molecule has 0 radical (unpaired) electrons. The van der Waals surface area contributed by atoms with E-state index in [1.54, 1.807) is 13.8 Å². The number of ketones is 1. The zero-order valence-corrected chi connectivity index (χ0v) is 10.6. The van der Waals surface area contributed by atoms with Gasteiger partial charge in [0.25, 0.3) is 0 Å². The van der Waals surface area contributed by atoms with Gasteiger partial charge in [-0.05, 0) is 34.0 Å². The highest BCUT2D eigenvalue weighted by molar-refractivity contribution is 9.10. The largest absolute Gasteiger partial charge is 0.293 e. The summed E-state index contributed by atoms with van der Waals surface area (Å²) in [4.78, 5) is 11.9. The zero-order chi connectivity index (χ0) is 12.3. The van der Waals surface area contributed by atoms with Crippen molar-refractivity contribution in [3.63, 3.8) is 0 Å². The van der Waals surface area contributed by atoms with Gasteiger partial charge in [-0.3, -0.25) is 4.79 Å². The Kier molecular flexibility index (Phi) is 4.19. The lowest BCUT2D eigenvalue weighted by molar-refractivity contribution is 0.0924. The lowest BCUT2D eigenvalue weighted by Crippen LogP contribution is -2.18. The fourth-order valence-corrected chi connectivity index (χ4v) is 1.59. The molecule has 16 heavy (non-hydrogen) atoms. The molecule has 4 heteroatoms. The number of nitriles is 1. The molecule has 0 amide bonds. The van der Waals surface area contributed by atoms with E-state index >= 15 is 0 Å². The molecule has 0 saturated carbocycles. The van der Waals surface area contributed by atoms with Crippen molar-refractivity contribution >= 4 is 21.7 Å². The van der Waals surface area contributed by atoms with Crippen LogP contribution < -0.4 is 0 Å². The number of benzene rings is 1. The molecule has 1 aromatic rings. The molecule has 1 rings (SSSR count). The Hall–Kier alpha value is -1.21. The second-order valence-electron chi connectivity index (χ2n) is 3.84. The van der Waals surface area contributed by atoms with Crippen LogP contribution in [0.15, 0.2) is 22.7 Å². The van der Waals surface area contributed by atoms with Crippen LogP contribution in [0.1, 0.15) is 24.2 Å². The molecule has 1 unspecified atom stereocenters. The molecule has 0 N–H and O–H groups in total. The van der Waals surface area contributed by atoms with E-state index in [-0.39, 0.29) is 17.3 Å². The predicted molar refractivity (Wildman–Crippen MR) is 62.4 cm³/mol. The van der Waals surface area contributed by atoms with Gasteiger partial charge in [-0.15, -0.1) is 0 Å². The van der Waals surface area contributed by atoms with Crippen molar-refractivity contribution in [3.8, 4) is 6.07 Å². The second kappa shape index (κ2) is 5.22. The summed E-state index contributed by atoms with van der Waals surface area (Å²) in [5.74, 6) is -1.63. The topological polar surface area (TPSA) is 40.9 Å². The molecule has 0 aromatic heterocycles. The van der Waals surface area contributed by atoms with Crippen molar-refractivity contribution in [3.05, 3.63) is 34.1 Å². The van der Waals surface area contributed by atoms with Crippen molar-refractivity contribution < 1.29 is 9.18 Å². The summed E-state index contributed by atoms with van der Waals surface area (Å²) in [6.45, 7) is 3.59. The number of hydrogen-bond acceptors (Lipinski definition) is 2. The van der Waals surface area contributed by atoms with Gasteiger partial charge in [0, 0.05) is 5.56 Å². The third-order valence-electron chi connectivity index (χ3n) is 2.29. The maximum Gasteiger partial charge on any atom is 0.180 e. The van der Waals surface area contributed by atoms with Crippen LogP contribution in [0.25, 0.3) is 0 Å². The first-order valence-corrected chi connectivity index (χ1v) is 5.65. The molecule has 84 valence electrons. The Bertz CT molecular complexity index is 451. The predicted octanol–water partition coefficient (Wildman–Crippen LogP) is 3.57. The van der Waals surface area contributed by atoms with Crippen molar-refractivity contribution in [1.82, 2.24) is 0 Å². The Morgan fingerprint density at radius 2 is 2.12 bits per heavy atom. The minimum atomic E-state index is -0.722. The average Bonchev–Trinajstić information content (AvgIpc) is 2.22. The minimum Gasteiger partial charge on any atom is -0.293 e. The van der Waals surface area contributed by atoms with Crippen LogP contribution in [0, 0.1) is 29.0 Å². The van der Waals surface area contributed by atoms with Crippen LogP contribution in [0.2, 0.25) is 0 Å². The van der Waals surface area contributed by atoms with Crippen LogP contribution in [0.4, 0.5) is 4.39 Å². The van der Waals surface area contributed by atoms with Crippen LogP contribution in [0.5, 0.6) is 0 Å². The van der Waals surface area contributed by atoms with Gasteiger partial charge < -0.3 is 0 Å². The van der Waals surface area contributed by atoms with Gasteiger partial charge >= 0.3 is 0 Å². The van der Waals surface area contributed by atoms with E-state index in [2.05, 4.69) is 15.9 Å². The Labute approximate surface area is 102 Å². The Balaban J connectivity index is 3.06. The lowest BCUT2D eigenvalue weighted by atomic mass is 9.89. The summed E-state index contributed by atoms with van der Waals surface area (Å²) in [5.41, 5.74) is 0.237. The second-order valence-corrected chi connectivity index (χ2v) is 4.70. The van der Waals surface area contributed by atoms with E-state index in [0.717, 1.165) is 6.07 Å². The molecule has 0 saturated heterocycles. The lowest BCUT2D eigenvalue weighted by Gasteiger charge is -2.11. The highest BCUT2D eigenvalue weighted by Crippen LogP contribution is 2.21. The van der Waals surface area contributed by atoms with E-state index in [1.807, 2.05) is 6.07 Å². The molecule has 1 atom stereocenters. The average molecular weight is 284 g/mol. The van der Waals surface area contributed by atoms with Crippen molar-refractivity contribution in [1.29, 1.82) is 5.26 Å². The first-order chi connectivity index (χ1) is 7.47. The summed E-state index contributed by atoms with van der Waals surface area (Å²) in [5, 5.41) is 8.88. The molecule has 2 nitrogen and oxygen atoms in total. The van der Waals surface area contributed by atoms with Crippen molar-refractivity contribution in [2.24, 2.45) is 11.8 Å². The first kappa shape index (κ1) is 12.9. The van der Waals surface area contributed by atoms with Gasteiger partial charge in [-0.2, -0.15) is 5.26 Å². The van der Waals surface area contributed by atoms with Gasteiger partial charge in [0.2, 0.25) is 0 Å². The van der Waals surface area contributed by atoms with Crippen LogP contribution in [-0.4, -0.2) is 5.78 Å². The molecule has 0 aliphatic carbocycles. The number of halogens is 2. The number of nitrogens with zero attached hydrogens (tertiary/aromatic N) is 1. The highest BCUT2D eigenvalue weighted by Gasteiger charge is 2.23. The quantitative estimate of drug-likeness (QED) is 0.796. The third-order valence-corrected chi connectivity index (χ3v) is 2.94. The van der Waals surface area contributed by atoms with E-state index in [0.29, 0.717) is 4.47 Å². The monoisotopic (exact) mass is 283 g/mol. The fourth-order valence-electron chi connectivity index (χ4n) is 1.34. The summed E-state index contributed by atoms with van der Waals surface area (Å²) in [6.07, 6.45) is 0. The van der Waals surface area contributed by atoms with E-state index in [1.165, 1.54) is 12.1 Å². The fraction of sp³-hybridized carbons (Fsp3) is 0.333. The SMILES string of the molecule is CC(C)C(C#N)C(=O)c1ccc(Br)c(F)c1. The maximum absolute atomic E-state index is 13.2. The van der Waals surface area contributed by atoms with E-state index < -0.39 is 11.7 Å². The standard InChI is InChI=1S/C12H11BrFNO/c1-7(2)9(6-15)12(16)8-3-4-10(13)11(14)5-8/h3-5,7,9H,1-2H3. The molecule has 1 aromatic carbocycles. The van der Waals surface area contributed by atoms with Crippen molar-refractivity contribution in [2.45, 2.75) is 13.8 Å². The molecular formula is C12H11BrFNO. The zero-order valence-electron chi connectivity index (χ0n) is 9.00. The van der Waals surface area contributed by atoms with E-state index in [9.17, 15) is 9.18 Å². The summed E-state index contributed by atoms with van der Waals surface area (Å²) in [7, 11) is 0. The molecule has 0 aliphatic rings. The minimum absolute atomic E-state index is 0.0794. The smallest absolute Gasteiger partial charge is 0.180 e. The molecule has 0 bridgehead atoms. The Morgan fingerprint density at radius 1 is 1.50 bits per heavy atom. The highest BCUT2D eigenvalue weighted by atomic mass is 79.9. The summed E-state index contributed by atoms with van der Waals surface area (Å²) in [6, 6.07) is 6.09. The molecule has 0 heterocycles. The van der Waals surface area contributed by atoms with Crippen LogP contribution in [0.3, 0.4) is 0 Å². The van der Waals surface area contributed by atoms with Crippen molar-refractivity contribution in [2.75, 3.05) is 0 Å². The van der Waals surface area contributed by atoms with E-state index in [4.69, 9.17) is 5.26 Å². The number of hydrogen-bond donors (Lipinski definition) is 0. The molecule has 0 aliphatic heterocycles. The summed E-state index contributed by atoms with van der Waals surface area (Å²) < 4.78 is 13.5. The third kappa shape index (κ3) is 2.67.